The van der Waals surface area contributed by atoms with Crippen LogP contribution in [0.15, 0.2) is 9.32 Å². The van der Waals surface area contributed by atoms with E-state index in [0.29, 0.717) is 17.7 Å². The van der Waals surface area contributed by atoms with Crippen LogP contribution in [0.2, 0.25) is 0 Å². The fourth-order valence-electron chi connectivity index (χ4n) is 1.97. The van der Waals surface area contributed by atoms with E-state index >= 15 is 0 Å². The van der Waals surface area contributed by atoms with Gasteiger partial charge in [0.1, 0.15) is 11.8 Å². The molecule has 0 fully saturated rings. The van der Waals surface area contributed by atoms with Crippen LogP contribution >= 0.6 is 0 Å². The zero-order valence-electron chi connectivity index (χ0n) is 11.3. The highest BCUT2D eigenvalue weighted by atomic mass is 16.5. The number of aromatic nitrogens is 1. The van der Waals surface area contributed by atoms with Gasteiger partial charge in [-0.05, 0) is 12.8 Å². The Bertz CT molecular complexity index is 450. The molecule has 1 unspecified atom stereocenters. The van der Waals surface area contributed by atoms with Crippen LogP contribution in [-0.4, -0.2) is 22.3 Å². The summed E-state index contributed by atoms with van der Waals surface area (Å²) >= 11 is 0. The van der Waals surface area contributed by atoms with Crippen molar-refractivity contribution in [1.82, 2.24) is 5.16 Å². The van der Waals surface area contributed by atoms with Gasteiger partial charge in [-0.15, -0.1) is 0 Å². The van der Waals surface area contributed by atoms with E-state index in [9.17, 15) is 9.59 Å². The van der Waals surface area contributed by atoms with Gasteiger partial charge in [0.25, 0.3) is 5.56 Å². The average Bonchev–Trinajstić information content (AvgIpc) is 2.70. The number of carboxylic acid groups (broad SMARTS) is 1. The summed E-state index contributed by atoms with van der Waals surface area (Å²) in [5, 5.41) is 11.0. The van der Waals surface area contributed by atoms with Gasteiger partial charge in [0.05, 0.1) is 5.56 Å². The Kier molecular flexibility index (Phi) is 6.35. The zero-order valence-corrected chi connectivity index (χ0v) is 11.3. The predicted molar refractivity (Wildman–Crippen MR) is 71.1 cm³/mol. The molecule has 0 spiro atoms. The molecule has 1 rings (SSSR count). The Morgan fingerprint density at radius 2 is 2.05 bits per heavy atom. The molecule has 0 aliphatic heterocycles. The van der Waals surface area contributed by atoms with Crippen molar-refractivity contribution < 1.29 is 14.4 Å². The number of H-pyrrole nitrogens is 1. The normalized spacial score (nSPS) is 12.5. The third-order valence-corrected chi connectivity index (χ3v) is 3.13. The second kappa shape index (κ2) is 7.78. The Morgan fingerprint density at radius 1 is 1.37 bits per heavy atom. The monoisotopic (exact) mass is 270 g/mol. The number of aliphatic carboxylic acids is 1. The number of hydrogen-bond donors (Lipinski definition) is 3. The molecule has 4 N–H and O–H groups in total. The predicted octanol–water partition coefficient (Wildman–Crippen LogP) is 1.44. The number of carbonyl (C=O) groups is 1. The molecule has 0 saturated carbocycles. The summed E-state index contributed by atoms with van der Waals surface area (Å²) in [6.07, 6.45) is 6.12. The van der Waals surface area contributed by atoms with Crippen molar-refractivity contribution in [3.05, 3.63) is 21.7 Å². The van der Waals surface area contributed by atoms with E-state index in [-0.39, 0.29) is 12.0 Å². The number of carboxylic acids is 1. The number of unbranched alkanes of at least 4 members (excludes halogenated alkanes) is 4. The van der Waals surface area contributed by atoms with E-state index in [1.165, 1.54) is 12.8 Å². The van der Waals surface area contributed by atoms with Gasteiger partial charge in [0, 0.05) is 6.42 Å². The van der Waals surface area contributed by atoms with E-state index < -0.39 is 12.0 Å². The third-order valence-electron chi connectivity index (χ3n) is 3.13. The molecule has 0 radical (unpaired) electrons. The smallest absolute Gasteiger partial charge is 0.320 e. The van der Waals surface area contributed by atoms with E-state index in [1.807, 2.05) is 0 Å². The van der Waals surface area contributed by atoms with Crippen molar-refractivity contribution in [3.8, 4) is 0 Å². The molecule has 0 amide bonds. The van der Waals surface area contributed by atoms with Crippen LogP contribution in [0, 0.1) is 0 Å². The molecule has 0 aliphatic carbocycles. The van der Waals surface area contributed by atoms with E-state index in [1.54, 1.807) is 0 Å². The maximum absolute atomic E-state index is 11.6. The summed E-state index contributed by atoms with van der Waals surface area (Å²) in [6.45, 7) is 2.15. The molecule has 108 valence electrons. The lowest BCUT2D eigenvalue weighted by molar-refractivity contribution is -0.138. The molecule has 1 atom stereocenters. The quantitative estimate of drug-likeness (QED) is 0.588. The standard InChI is InChI=1S/C13H22N2O4/c1-2-3-4-5-6-7-9-11(19-15-12(9)16)8-10(14)13(17)18/h10H,2-8,14H2,1H3,(H,15,16)(H,17,18). The number of aromatic amines is 1. The highest BCUT2D eigenvalue weighted by Gasteiger charge is 2.19. The Labute approximate surface area is 112 Å². The topological polar surface area (TPSA) is 109 Å². The molecular formula is C13H22N2O4. The first kappa shape index (κ1) is 15.5. The summed E-state index contributed by atoms with van der Waals surface area (Å²) in [7, 11) is 0. The fraction of sp³-hybridized carbons (Fsp3) is 0.692. The molecule has 19 heavy (non-hydrogen) atoms. The van der Waals surface area contributed by atoms with Crippen molar-refractivity contribution in [2.24, 2.45) is 5.73 Å². The molecule has 0 saturated heterocycles. The van der Waals surface area contributed by atoms with Gasteiger partial charge < -0.3 is 15.4 Å². The Hall–Kier alpha value is -1.56. The molecule has 0 bridgehead atoms. The van der Waals surface area contributed by atoms with Crippen molar-refractivity contribution >= 4 is 5.97 Å². The van der Waals surface area contributed by atoms with E-state index in [2.05, 4.69) is 12.1 Å². The van der Waals surface area contributed by atoms with Crippen LogP contribution in [0.25, 0.3) is 0 Å². The summed E-state index contributed by atoms with van der Waals surface area (Å²) in [6, 6.07) is -1.04. The lowest BCUT2D eigenvalue weighted by Crippen LogP contribution is -2.32. The largest absolute Gasteiger partial charge is 0.480 e. The Balaban J connectivity index is 2.55. The van der Waals surface area contributed by atoms with Crippen LogP contribution in [0.5, 0.6) is 0 Å². The second-order valence-corrected chi connectivity index (χ2v) is 4.75. The van der Waals surface area contributed by atoms with Crippen LogP contribution in [0.3, 0.4) is 0 Å². The minimum atomic E-state index is -1.10. The van der Waals surface area contributed by atoms with Crippen LogP contribution in [-0.2, 0) is 17.6 Å². The maximum Gasteiger partial charge on any atom is 0.320 e. The number of nitrogens with one attached hydrogen (secondary N) is 1. The lowest BCUT2D eigenvalue weighted by Gasteiger charge is -2.04. The van der Waals surface area contributed by atoms with Crippen molar-refractivity contribution in [2.75, 3.05) is 0 Å². The number of hydrogen-bond acceptors (Lipinski definition) is 4. The lowest BCUT2D eigenvalue weighted by atomic mass is 10.0. The second-order valence-electron chi connectivity index (χ2n) is 4.75. The van der Waals surface area contributed by atoms with Crippen LogP contribution in [0.1, 0.15) is 50.4 Å². The van der Waals surface area contributed by atoms with Gasteiger partial charge in [0.15, 0.2) is 0 Å². The first-order valence-corrected chi connectivity index (χ1v) is 6.73. The molecule has 0 aromatic carbocycles. The van der Waals surface area contributed by atoms with Crippen LogP contribution < -0.4 is 11.3 Å². The number of rotatable bonds is 9. The van der Waals surface area contributed by atoms with Gasteiger partial charge in [-0.2, -0.15) is 5.16 Å². The van der Waals surface area contributed by atoms with Gasteiger partial charge in [-0.1, -0.05) is 32.6 Å². The molecule has 0 aliphatic rings. The Morgan fingerprint density at radius 3 is 2.68 bits per heavy atom. The van der Waals surface area contributed by atoms with Crippen LogP contribution in [0.4, 0.5) is 0 Å². The molecule has 6 heteroatoms. The van der Waals surface area contributed by atoms with Crippen molar-refractivity contribution in [1.29, 1.82) is 0 Å². The van der Waals surface area contributed by atoms with E-state index in [0.717, 1.165) is 19.3 Å². The highest BCUT2D eigenvalue weighted by molar-refractivity contribution is 5.73. The maximum atomic E-state index is 11.6. The van der Waals surface area contributed by atoms with Crippen molar-refractivity contribution in [3.63, 3.8) is 0 Å². The van der Waals surface area contributed by atoms with Gasteiger partial charge in [0.2, 0.25) is 0 Å². The molecule has 1 heterocycles. The van der Waals surface area contributed by atoms with Gasteiger partial charge in [-0.25, -0.2) is 0 Å². The SMILES string of the molecule is CCCCCCCc1c(CC(N)C(=O)O)o[nH]c1=O. The first-order chi connectivity index (χ1) is 9.06. The molecule has 1 aromatic heterocycles. The number of nitrogens with two attached hydrogens (primary N) is 1. The molecule has 6 nitrogen and oxygen atoms in total. The minimum absolute atomic E-state index is 0.0400. The average molecular weight is 270 g/mol. The fourth-order valence-corrected chi connectivity index (χ4v) is 1.97. The highest BCUT2D eigenvalue weighted by Crippen LogP contribution is 2.11. The summed E-state index contributed by atoms with van der Waals surface area (Å²) < 4.78 is 5.01. The first-order valence-electron chi connectivity index (χ1n) is 6.73. The van der Waals surface area contributed by atoms with Gasteiger partial charge in [-0.3, -0.25) is 9.59 Å². The molecule has 1 aromatic rings. The third kappa shape index (κ3) is 4.90. The zero-order chi connectivity index (χ0) is 14.3. The molecular weight excluding hydrogens is 248 g/mol. The minimum Gasteiger partial charge on any atom is -0.480 e. The van der Waals surface area contributed by atoms with E-state index in [4.69, 9.17) is 15.4 Å². The van der Waals surface area contributed by atoms with Crippen molar-refractivity contribution in [2.45, 2.75) is 57.9 Å². The van der Waals surface area contributed by atoms with Gasteiger partial charge >= 0.3 is 5.97 Å². The summed E-state index contributed by atoms with van der Waals surface area (Å²) in [4.78, 5) is 22.3. The summed E-state index contributed by atoms with van der Waals surface area (Å²) in [5.74, 6) is -0.729. The summed E-state index contributed by atoms with van der Waals surface area (Å²) in [5.41, 5.74) is 5.71.